The molecule has 2 heterocycles. The number of aromatic nitrogens is 1. The number of carbonyl (C=O) groups is 1. The van der Waals surface area contributed by atoms with Crippen LogP contribution >= 0.6 is 32.9 Å². The highest BCUT2D eigenvalue weighted by Crippen LogP contribution is 2.39. The number of sulfonamides is 1. The lowest BCUT2D eigenvalue weighted by atomic mass is 10.1. The first-order chi connectivity index (χ1) is 13.4. The minimum atomic E-state index is -3.29. The summed E-state index contributed by atoms with van der Waals surface area (Å²) >= 11 is 1.39. The van der Waals surface area contributed by atoms with E-state index in [-0.39, 0.29) is 5.91 Å². The van der Waals surface area contributed by atoms with E-state index in [0.717, 1.165) is 35.6 Å². The Bertz CT molecular complexity index is 891. The quantitative estimate of drug-likeness (QED) is 0.414. The van der Waals surface area contributed by atoms with Gasteiger partial charge in [-0.1, -0.05) is 40.1 Å². The van der Waals surface area contributed by atoms with Crippen LogP contribution in [0.3, 0.4) is 0 Å². The van der Waals surface area contributed by atoms with Crippen molar-refractivity contribution in [3.63, 3.8) is 0 Å². The summed E-state index contributed by atoms with van der Waals surface area (Å²) in [6.07, 6.45) is 6.10. The molecule has 1 fully saturated rings. The minimum Gasteiger partial charge on any atom is -0.302 e. The molecule has 2 aromatic rings. The molecule has 1 aliphatic rings. The summed E-state index contributed by atoms with van der Waals surface area (Å²) in [5.74, 6) is 1.25. The molecule has 0 spiro atoms. The first kappa shape index (κ1) is 21.5. The Morgan fingerprint density at radius 2 is 2.04 bits per heavy atom. The molecular formula is C18H23N3O3S4. The second-order valence-corrected chi connectivity index (χ2v) is 12.0. The van der Waals surface area contributed by atoms with Gasteiger partial charge in [-0.15, -0.1) is 11.3 Å². The molecule has 1 amide bonds. The summed E-state index contributed by atoms with van der Waals surface area (Å²) in [5.41, 5.74) is 2.12. The summed E-state index contributed by atoms with van der Waals surface area (Å²) in [5, 5.41) is 6.09. The normalized spacial score (nSPS) is 16.8. The van der Waals surface area contributed by atoms with Crippen molar-refractivity contribution >= 4 is 59.7 Å². The Hall–Kier alpha value is -1.23. The number of hydrogen-bond donors (Lipinski definition) is 2. The highest BCUT2D eigenvalue weighted by molar-refractivity contribution is 8.77. The van der Waals surface area contributed by atoms with Crippen molar-refractivity contribution in [2.75, 3.05) is 22.0 Å². The molecule has 0 radical (unpaired) electrons. The Balaban J connectivity index is 1.46. The van der Waals surface area contributed by atoms with Gasteiger partial charge < -0.3 is 5.32 Å². The van der Waals surface area contributed by atoms with Crippen molar-refractivity contribution in [2.24, 2.45) is 0 Å². The van der Waals surface area contributed by atoms with Crippen molar-refractivity contribution < 1.29 is 13.2 Å². The van der Waals surface area contributed by atoms with Crippen molar-refractivity contribution in [2.45, 2.75) is 37.4 Å². The largest absolute Gasteiger partial charge is 0.302 e. The van der Waals surface area contributed by atoms with Crippen LogP contribution in [-0.4, -0.2) is 36.6 Å². The van der Waals surface area contributed by atoms with Crippen LogP contribution in [0.4, 0.5) is 10.8 Å². The molecule has 6 nitrogen and oxygen atoms in total. The first-order valence-corrected chi connectivity index (χ1v) is 14.2. The van der Waals surface area contributed by atoms with E-state index in [1.165, 1.54) is 29.9 Å². The number of unbranched alkanes of at least 4 members (excludes halogenated alkanes) is 1. The highest BCUT2D eigenvalue weighted by Gasteiger charge is 2.16. The average Bonchev–Trinajstić information content (AvgIpc) is 3.30. The van der Waals surface area contributed by atoms with Gasteiger partial charge in [0.05, 0.1) is 11.9 Å². The number of nitrogens with zero attached hydrogens (tertiary/aromatic N) is 1. The van der Waals surface area contributed by atoms with Gasteiger partial charge in [-0.25, -0.2) is 13.4 Å². The molecule has 1 saturated heterocycles. The molecule has 10 heteroatoms. The highest BCUT2D eigenvalue weighted by atomic mass is 33.1. The Labute approximate surface area is 177 Å². The standard InChI is InChI=1S/C18H23N3O3S4/c1-28(23,24)21-14-8-6-13(7-9-14)16-12-25-18(19-16)20-17(22)5-3-2-4-15-10-11-26-27-15/h6-9,12,15,21H,2-5,10-11H2,1H3,(H,19,20,22). The van der Waals surface area contributed by atoms with E-state index < -0.39 is 10.0 Å². The van der Waals surface area contributed by atoms with Crippen LogP contribution < -0.4 is 10.0 Å². The second kappa shape index (κ2) is 10.00. The minimum absolute atomic E-state index is 0.00190. The van der Waals surface area contributed by atoms with Crippen LogP contribution in [-0.2, 0) is 14.8 Å². The van der Waals surface area contributed by atoms with Gasteiger partial charge in [-0.3, -0.25) is 9.52 Å². The predicted molar refractivity (Wildman–Crippen MR) is 122 cm³/mol. The lowest BCUT2D eigenvalue weighted by Gasteiger charge is -2.06. The smallest absolute Gasteiger partial charge is 0.229 e. The number of carbonyl (C=O) groups excluding carboxylic acids is 1. The number of thiazole rings is 1. The fraction of sp³-hybridized carbons (Fsp3) is 0.444. The third-order valence-electron chi connectivity index (χ3n) is 4.14. The van der Waals surface area contributed by atoms with Crippen molar-refractivity contribution in [1.29, 1.82) is 0 Å². The van der Waals surface area contributed by atoms with Crippen LogP contribution in [0.5, 0.6) is 0 Å². The van der Waals surface area contributed by atoms with Gasteiger partial charge in [0.1, 0.15) is 0 Å². The number of rotatable bonds is 9. The van der Waals surface area contributed by atoms with Gasteiger partial charge in [0.2, 0.25) is 15.9 Å². The molecule has 3 rings (SSSR count). The van der Waals surface area contributed by atoms with Crippen molar-refractivity contribution in [1.82, 2.24) is 4.98 Å². The fourth-order valence-corrected chi connectivity index (χ4v) is 7.12. The summed E-state index contributed by atoms with van der Waals surface area (Å²) < 4.78 is 24.9. The molecule has 2 N–H and O–H groups in total. The lowest BCUT2D eigenvalue weighted by Crippen LogP contribution is -2.11. The van der Waals surface area contributed by atoms with Crippen molar-refractivity contribution in [3.8, 4) is 11.3 Å². The van der Waals surface area contributed by atoms with E-state index in [4.69, 9.17) is 0 Å². The number of amides is 1. The SMILES string of the molecule is CS(=O)(=O)Nc1ccc(-c2csc(NC(=O)CCCCC3CCSS3)n2)cc1. The van der Waals surface area contributed by atoms with Crippen LogP contribution in [0.25, 0.3) is 11.3 Å². The van der Waals surface area contributed by atoms with E-state index in [2.05, 4.69) is 15.0 Å². The maximum atomic E-state index is 12.1. The molecule has 1 atom stereocenters. The van der Waals surface area contributed by atoms with Gasteiger partial charge in [0.15, 0.2) is 5.13 Å². The monoisotopic (exact) mass is 457 g/mol. The number of anilines is 2. The third-order valence-corrected chi connectivity index (χ3v) is 8.51. The molecule has 1 aromatic heterocycles. The summed E-state index contributed by atoms with van der Waals surface area (Å²) in [6.45, 7) is 0. The Kier molecular flexibility index (Phi) is 7.67. The topological polar surface area (TPSA) is 88.2 Å². The molecule has 152 valence electrons. The number of hydrogen-bond acceptors (Lipinski definition) is 7. The molecule has 1 unspecified atom stereocenters. The molecule has 28 heavy (non-hydrogen) atoms. The molecule has 0 saturated carbocycles. The molecule has 1 aromatic carbocycles. The first-order valence-electron chi connectivity index (χ1n) is 9.01. The zero-order valence-electron chi connectivity index (χ0n) is 15.5. The van der Waals surface area contributed by atoms with Gasteiger partial charge >= 0.3 is 0 Å². The third kappa shape index (κ3) is 6.98. The average molecular weight is 458 g/mol. The summed E-state index contributed by atoms with van der Waals surface area (Å²) in [4.78, 5) is 16.6. The van der Waals surface area contributed by atoms with E-state index in [9.17, 15) is 13.2 Å². The fourth-order valence-electron chi connectivity index (χ4n) is 2.79. The Morgan fingerprint density at radius 3 is 2.71 bits per heavy atom. The van der Waals surface area contributed by atoms with Crippen LogP contribution in [0.2, 0.25) is 0 Å². The van der Waals surface area contributed by atoms with Gasteiger partial charge in [0.25, 0.3) is 0 Å². The number of benzene rings is 1. The molecule has 1 aliphatic heterocycles. The summed E-state index contributed by atoms with van der Waals surface area (Å²) in [6, 6.07) is 6.98. The number of nitrogens with one attached hydrogen (secondary N) is 2. The maximum Gasteiger partial charge on any atom is 0.229 e. The van der Waals surface area contributed by atoms with Crippen LogP contribution in [0.1, 0.15) is 32.1 Å². The zero-order valence-corrected chi connectivity index (χ0v) is 18.8. The lowest BCUT2D eigenvalue weighted by molar-refractivity contribution is -0.116. The van der Waals surface area contributed by atoms with Gasteiger partial charge in [-0.2, -0.15) is 0 Å². The molecule has 0 aliphatic carbocycles. The van der Waals surface area contributed by atoms with Crippen molar-refractivity contribution in [3.05, 3.63) is 29.6 Å². The van der Waals surface area contributed by atoms with E-state index in [0.29, 0.717) is 17.2 Å². The van der Waals surface area contributed by atoms with E-state index in [1.807, 2.05) is 27.0 Å². The van der Waals surface area contributed by atoms with Crippen LogP contribution in [0.15, 0.2) is 29.6 Å². The summed E-state index contributed by atoms with van der Waals surface area (Å²) in [7, 11) is 0.642. The van der Waals surface area contributed by atoms with Crippen LogP contribution in [0, 0.1) is 0 Å². The predicted octanol–water partition coefficient (Wildman–Crippen LogP) is 4.83. The van der Waals surface area contributed by atoms with E-state index >= 15 is 0 Å². The zero-order chi connectivity index (χ0) is 20.0. The maximum absolute atomic E-state index is 12.1. The molecule has 0 bridgehead atoms. The molecular weight excluding hydrogens is 434 g/mol. The van der Waals surface area contributed by atoms with E-state index in [1.54, 1.807) is 24.3 Å². The second-order valence-electron chi connectivity index (χ2n) is 6.61. The van der Waals surface area contributed by atoms with Gasteiger partial charge in [-0.05, 0) is 31.4 Å². The van der Waals surface area contributed by atoms with Gasteiger partial charge in [0, 0.05) is 34.1 Å². The Morgan fingerprint density at radius 1 is 1.25 bits per heavy atom.